The molecule has 1 aromatic rings. The van der Waals surface area contributed by atoms with Crippen LogP contribution < -0.4 is 0 Å². The summed E-state index contributed by atoms with van der Waals surface area (Å²) in [5.74, 6) is 1.99. The molecule has 0 unspecified atom stereocenters. The lowest BCUT2D eigenvalue weighted by Gasteiger charge is -2.02. The Morgan fingerprint density at radius 3 is 2.85 bits per heavy atom. The van der Waals surface area contributed by atoms with E-state index in [9.17, 15) is 4.79 Å². The number of carbonyl (C=O) groups is 1. The van der Waals surface area contributed by atoms with Crippen LogP contribution in [0.1, 0.15) is 15.9 Å². The van der Waals surface area contributed by atoms with E-state index in [1.165, 1.54) is 7.11 Å². The summed E-state index contributed by atoms with van der Waals surface area (Å²) < 4.78 is 5.38. The van der Waals surface area contributed by atoms with Crippen LogP contribution >= 0.6 is 15.9 Å². The van der Waals surface area contributed by atoms with E-state index < -0.39 is 5.97 Å². The van der Waals surface area contributed by atoms with E-state index in [0.29, 0.717) is 11.1 Å². The predicted octanol–water partition coefficient (Wildman–Crippen LogP) is 2.22. The molecule has 0 aliphatic carbocycles. The first kappa shape index (κ1) is 9.82. The van der Waals surface area contributed by atoms with Crippen LogP contribution in [0.25, 0.3) is 0 Å². The Morgan fingerprint density at radius 1 is 1.62 bits per heavy atom. The van der Waals surface area contributed by atoms with Gasteiger partial charge in [-0.2, -0.15) is 0 Å². The maximum atomic E-state index is 11.2. The van der Waals surface area contributed by atoms with E-state index in [2.05, 4.69) is 26.6 Å². The fourth-order valence-corrected chi connectivity index (χ4v) is 1.28. The van der Waals surface area contributed by atoms with Crippen molar-refractivity contribution < 1.29 is 9.53 Å². The van der Waals surface area contributed by atoms with Crippen molar-refractivity contribution >= 4 is 21.9 Å². The first-order chi connectivity index (χ1) is 6.19. The lowest BCUT2D eigenvalue weighted by molar-refractivity contribution is 0.0600. The summed E-state index contributed by atoms with van der Waals surface area (Å²) in [6.45, 7) is 0. The van der Waals surface area contributed by atoms with Crippen molar-refractivity contribution in [2.75, 3.05) is 7.11 Å². The zero-order chi connectivity index (χ0) is 9.84. The molecule has 3 heteroatoms. The van der Waals surface area contributed by atoms with E-state index in [0.717, 1.165) is 4.47 Å². The van der Waals surface area contributed by atoms with Crippen LogP contribution in [-0.4, -0.2) is 13.1 Å². The zero-order valence-electron chi connectivity index (χ0n) is 7.00. The van der Waals surface area contributed by atoms with Gasteiger partial charge in [-0.05, 0) is 18.2 Å². The lowest BCUT2D eigenvalue weighted by Crippen LogP contribution is -2.03. The molecule has 13 heavy (non-hydrogen) atoms. The van der Waals surface area contributed by atoms with Gasteiger partial charge in [-0.15, -0.1) is 6.42 Å². The normalized spacial score (nSPS) is 9.00. The number of terminal acetylenes is 1. The Kier molecular flexibility index (Phi) is 3.10. The van der Waals surface area contributed by atoms with Gasteiger partial charge in [-0.1, -0.05) is 21.9 Å². The summed E-state index contributed by atoms with van der Waals surface area (Å²) in [5.41, 5.74) is 0.939. The van der Waals surface area contributed by atoms with Crippen LogP contribution in [-0.2, 0) is 4.74 Å². The van der Waals surface area contributed by atoms with E-state index in [1.54, 1.807) is 18.2 Å². The van der Waals surface area contributed by atoms with Gasteiger partial charge >= 0.3 is 5.97 Å². The Bertz CT molecular complexity index is 377. The van der Waals surface area contributed by atoms with Gasteiger partial charge in [-0.25, -0.2) is 4.79 Å². The number of benzene rings is 1. The van der Waals surface area contributed by atoms with E-state index in [1.807, 2.05) is 0 Å². The summed E-state index contributed by atoms with van der Waals surface area (Å²) in [7, 11) is 1.32. The summed E-state index contributed by atoms with van der Waals surface area (Å²) >= 11 is 3.25. The Morgan fingerprint density at radius 2 is 2.31 bits per heavy atom. The third-order valence-electron chi connectivity index (χ3n) is 1.54. The smallest absolute Gasteiger partial charge is 0.339 e. The van der Waals surface area contributed by atoms with Gasteiger partial charge in [0.1, 0.15) is 0 Å². The number of ether oxygens (including phenoxy) is 1. The minimum atomic E-state index is -0.422. The number of hydrogen-bond acceptors (Lipinski definition) is 2. The largest absolute Gasteiger partial charge is 0.465 e. The Labute approximate surface area is 85.0 Å². The van der Waals surface area contributed by atoms with Gasteiger partial charge in [0.2, 0.25) is 0 Å². The minimum Gasteiger partial charge on any atom is -0.465 e. The summed E-state index contributed by atoms with van der Waals surface area (Å²) in [4.78, 5) is 11.2. The van der Waals surface area contributed by atoms with Crippen molar-refractivity contribution in [2.24, 2.45) is 0 Å². The van der Waals surface area contributed by atoms with Crippen molar-refractivity contribution in [2.45, 2.75) is 0 Å². The molecule has 0 saturated heterocycles. The quantitative estimate of drug-likeness (QED) is 0.554. The van der Waals surface area contributed by atoms with Crippen LogP contribution in [0.3, 0.4) is 0 Å². The summed E-state index contributed by atoms with van der Waals surface area (Å²) in [6, 6.07) is 5.11. The van der Waals surface area contributed by atoms with Crippen LogP contribution in [0.4, 0.5) is 0 Å². The molecule has 0 spiro atoms. The van der Waals surface area contributed by atoms with Gasteiger partial charge in [0.15, 0.2) is 0 Å². The van der Waals surface area contributed by atoms with Gasteiger partial charge < -0.3 is 4.74 Å². The van der Waals surface area contributed by atoms with Crippen molar-refractivity contribution in [3.05, 3.63) is 33.8 Å². The molecule has 0 atom stereocenters. The number of rotatable bonds is 1. The molecule has 0 N–H and O–H groups in total. The molecule has 2 nitrogen and oxygen atoms in total. The molecule has 1 aromatic carbocycles. The third-order valence-corrected chi connectivity index (χ3v) is 2.04. The molecule has 0 aliphatic heterocycles. The molecule has 0 saturated carbocycles. The van der Waals surface area contributed by atoms with Gasteiger partial charge in [0.05, 0.1) is 12.7 Å². The number of methoxy groups -OCH3 is 1. The molecule has 0 aromatic heterocycles. The van der Waals surface area contributed by atoms with E-state index in [-0.39, 0.29) is 0 Å². The molecular formula is C10H7BrO2. The number of carbonyl (C=O) groups excluding carboxylic acids is 1. The molecular weight excluding hydrogens is 232 g/mol. The highest BCUT2D eigenvalue weighted by atomic mass is 79.9. The van der Waals surface area contributed by atoms with Crippen LogP contribution in [0.15, 0.2) is 22.7 Å². The second-order valence-electron chi connectivity index (χ2n) is 2.33. The van der Waals surface area contributed by atoms with Crippen LogP contribution in [0, 0.1) is 12.3 Å². The first-order valence-electron chi connectivity index (χ1n) is 3.53. The van der Waals surface area contributed by atoms with Gasteiger partial charge in [0.25, 0.3) is 0 Å². The molecule has 0 bridgehead atoms. The van der Waals surface area contributed by atoms with Gasteiger partial charge in [0, 0.05) is 10.0 Å². The molecule has 0 fully saturated rings. The second kappa shape index (κ2) is 4.11. The standard InChI is InChI=1S/C10H7BrO2/c1-3-7-4-5-8(11)6-9(7)10(12)13-2/h1,4-6H,2H3. The van der Waals surface area contributed by atoms with Crippen molar-refractivity contribution in [1.82, 2.24) is 0 Å². The molecule has 0 aliphatic rings. The maximum Gasteiger partial charge on any atom is 0.339 e. The Hall–Kier alpha value is -1.27. The predicted molar refractivity (Wildman–Crippen MR) is 53.4 cm³/mol. The molecule has 0 radical (unpaired) electrons. The number of halogens is 1. The van der Waals surface area contributed by atoms with E-state index >= 15 is 0 Å². The van der Waals surface area contributed by atoms with Gasteiger partial charge in [-0.3, -0.25) is 0 Å². The third kappa shape index (κ3) is 2.10. The fraction of sp³-hybridized carbons (Fsp3) is 0.100. The SMILES string of the molecule is C#Cc1ccc(Br)cc1C(=O)OC. The highest BCUT2D eigenvalue weighted by Crippen LogP contribution is 2.16. The molecule has 0 heterocycles. The average Bonchev–Trinajstić information content (AvgIpc) is 2.16. The van der Waals surface area contributed by atoms with E-state index in [4.69, 9.17) is 6.42 Å². The molecule has 66 valence electrons. The maximum absolute atomic E-state index is 11.2. The monoisotopic (exact) mass is 238 g/mol. The minimum absolute atomic E-state index is 0.402. The van der Waals surface area contributed by atoms with Crippen molar-refractivity contribution in [3.63, 3.8) is 0 Å². The highest BCUT2D eigenvalue weighted by Gasteiger charge is 2.10. The highest BCUT2D eigenvalue weighted by molar-refractivity contribution is 9.10. The second-order valence-corrected chi connectivity index (χ2v) is 3.24. The van der Waals surface area contributed by atoms with Crippen LogP contribution in [0.2, 0.25) is 0 Å². The number of hydrogen-bond donors (Lipinski definition) is 0. The first-order valence-corrected chi connectivity index (χ1v) is 4.33. The summed E-state index contributed by atoms with van der Waals surface area (Å²) in [5, 5.41) is 0. The topological polar surface area (TPSA) is 26.3 Å². The van der Waals surface area contributed by atoms with Crippen LogP contribution in [0.5, 0.6) is 0 Å². The number of esters is 1. The van der Waals surface area contributed by atoms with Crippen molar-refractivity contribution in [3.8, 4) is 12.3 Å². The lowest BCUT2D eigenvalue weighted by atomic mass is 10.1. The zero-order valence-corrected chi connectivity index (χ0v) is 8.59. The van der Waals surface area contributed by atoms with Crippen molar-refractivity contribution in [1.29, 1.82) is 0 Å². The fourth-order valence-electron chi connectivity index (χ4n) is 0.921. The Balaban J connectivity index is 3.25. The summed E-state index contributed by atoms with van der Waals surface area (Å²) in [6.07, 6.45) is 5.22. The molecule has 0 amide bonds. The average molecular weight is 239 g/mol. The molecule has 1 rings (SSSR count).